The highest BCUT2D eigenvalue weighted by Gasteiger charge is 2.30. The van der Waals surface area contributed by atoms with E-state index in [9.17, 15) is 9.90 Å². The molecule has 0 unspecified atom stereocenters. The average molecular weight is 484 g/mol. The minimum Gasteiger partial charge on any atom is -0.391 e. The number of anilines is 1. The van der Waals surface area contributed by atoms with E-state index < -0.39 is 0 Å². The predicted molar refractivity (Wildman–Crippen MR) is 136 cm³/mol. The number of hydrogen-bond donors (Lipinski definition) is 1. The van der Waals surface area contributed by atoms with Crippen molar-refractivity contribution in [2.24, 2.45) is 5.92 Å². The van der Waals surface area contributed by atoms with Gasteiger partial charge in [0.2, 0.25) is 0 Å². The van der Waals surface area contributed by atoms with Crippen LogP contribution in [0.25, 0.3) is 5.65 Å². The van der Waals surface area contributed by atoms with Crippen LogP contribution in [0.1, 0.15) is 66.3 Å². The van der Waals surface area contributed by atoms with Crippen LogP contribution in [0.5, 0.6) is 0 Å². The lowest BCUT2D eigenvalue weighted by Crippen LogP contribution is -2.32. The standard InChI is InChI=1S/C26H34ClN5O2/c1-6-7-8-22(30(5)26(34)20-11-19(27)10-9-16(20)2)21-12-24-28-25(18(4)14-32(24)29-21)31-13-17(3)23(33)15-31/h9-12,14,17,22-23,33H,6-8,13,15H2,1-5H3/t17-,22+,23+/m1/s1. The van der Waals surface area contributed by atoms with Gasteiger partial charge in [-0.1, -0.05) is 44.4 Å². The molecule has 0 spiro atoms. The zero-order chi connectivity index (χ0) is 24.6. The molecular formula is C26H34ClN5O2. The first-order valence-corrected chi connectivity index (χ1v) is 12.4. The van der Waals surface area contributed by atoms with Crippen molar-refractivity contribution < 1.29 is 9.90 Å². The molecule has 7 nitrogen and oxygen atoms in total. The number of fused-ring (bicyclic) bond motifs is 1. The number of benzene rings is 1. The van der Waals surface area contributed by atoms with Gasteiger partial charge in [-0.25, -0.2) is 9.50 Å². The van der Waals surface area contributed by atoms with E-state index in [0.717, 1.165) is 54.1 Å². The number of β-amino-alcohol motifs (C(OH)–C–C–N with tert-alkyl or cyclic N) is 1. The number of aryl methyl sites for hydroxylation is 2. The Bertz CT molecular complexity index is 1180. The third-order valence-electron chi connectivity index (χ3n) is 6.89. The van der Waals surface area contributed by atoms with Crippen molar-refractivity contribution in [1.29, 1.82) is 0 Å². The lowest BCUT2D eigenvalue weighted by Gasteiger charge is -2.27. The van der Waals surface area contributed by atoms with Gasteiger partial charge in [0.1, 0.15) is 5.82 Å². The molecule has 4 rings (SSSR count). The van der Waals surface area contributed by atoms with Crippen molar-refractivity contribution >= 4 is 29.0 Å². The summed E-state index contributed by atoms with van der Waals surface area (Å²) >= 11 is 6.19. The van der Waals surface area contributed by atoms with Gasteiger partial charge in [-0.2, -0.15) is 5.10 Å². The molecule has 1 N–H and O–H groups in total. The Morgan fingerprint density at radius 1 is 1.26 bits per heavy atom. The van der Waals surface area contributed by atoms with Crippen molar-refractivity contribution in [2.75, 3.05) is 25.0 Å². The van der Waals surface area contributed by atoms with Crippen LogP contribution in [0, 0.1) is 19.8 Å². The van der Waals surface area contributed by atoms with Crippen LogP contribution >= 0.6 is 11.6 Å². The first-order chi connectivity index (χ1) is 16.2. The molecule has 3 aromatic rings. The van der Waals surface area contributed by atoms with Crippen molar-refractivity contribution in [3.8, 4) is 0 Å². The Morgan fingerprint density at radius 2 is 2.03 bits per heavy atom. The van der Waals surface area contributed by atoms with E-state index in [1.807, 2.05) is 39.2 Å². The van der Waals surface area contributed by atoms with Crippen molar-refractivity contribution in [3.05, 3.63) is 57.9 Å². The van der Waals surface area contributed by atoms with E-state index in [1.165, 1.54) is 0 Å². The van der Waals surface area contributed by atoms with E-state index in [-0.39, 0.29) is 24.0 Å². The number of unbranched alkanes of at least 4 members (excludes halogenated alkanes) is 1. The van der Waals surface area contributed by atoms with Gasteiger partial charge in [-0.05, 0) is 38.0 Å². The van der Waals surface area contributed by atoms with Crippen molar-refractivity contribution in [3.63, 3.8) is 0 Å². The molecule has 1 fully saturated rings. The summed E-state index contributed by atoms with van der Waals surface area (Å²) in [5.74, 6) is 1.03. The summed E-state index contributed by atoms with van der Waals surface area (Å²) in [5.41, 5.74) is 4.08. The summed E-state index contributed by atoms with van der Waals surface area (Å²) in [7, 11) is 1.84. The lowest BCUT2D eigenvalue weighted by molar-refractivity contribution is 0.0716. The number of carbonyl (C=O) groups is 1. The van der Waals surface area contributed by atoms with Crippen molar-refractivity contribution in [1.82, 2.24) is 19.5 Å². The summed E-state index contributed by atoms with van der Waals surface area (Å²) in [4.78, 5) is 22.3. The first kappa shape index (κ1) is 24.5. The number of rotatable bonds is 7. The highest BCUT2D eigenvalue weighted by Crippen LogP contribution is 2.30. The lowest BCUT2D eigenvalue weighted by atomic mass is 10.0. The molecule has 1 aliphatic heterocycles. The monoisotopic (exact) mass is 483 g/mol. The van der Waals surface area contributed by atoms with Crippen LogP contribution in [0.15, 0.2) is 30.5 Å². The van der Waals surface area contributed by atoms with Crippen LogP contribution < -0.4 is 4.90 Å². The summed E-state index contributed by atoms with van der Waals surface area (Å²) in [6.45, 7) is 9.51. The fourth-order valence-corrected chi connectivity index (χ4v) is 4.89. The van der Waals surface area contributed by atoms with E-state index in [2.05, 4.69) is 18.7 Å². The Morgan fingerprint density at radius 3 is 2.71 bits per heavy atom. The molecule has 0 bridgehead atoms. The van der Waals surface area contributed by atoms with Crippen LogP contribution in [0.2, 0.25) is 5.02 Å². The molecule has 34 heavy (non-hydrogen) atoms. The minimum atomic E-state index is -0.342. The number of hydrogen-bond acceptors (Lipinski definition) is 5. The number of carbonyl (C=O) groups excluding carboxylic acids is 1. The van der Waals surface area contributed by atoms with E-state index in [4.69, 9.17) is 21.7 Å². The number of halogens is 1. The average Bonchev–Trinajstić information content (AvgIpc) is 3.36. The molecule has 3 atom stereocenters. The third-order valence-corrected chi connectivity index (χ3v) is 7.12. The Labute approximate surface area is 206 Å². The molecule has 1 saturated heterocycles. The van der Waals surface area contributed by atoms with Gasteiger partial charge in [-0.3, -0.25) is 4.79 Å². The number of aliphatic hydroxyl groups excluding tert-OH is 1. The molecule has 0 saturated carbocycles. The SMILES string of the molecule is CCCC[C@@H](c1cc2nc(N3C[C@@H](C)[C@@H](O)C3)c(C)cn2n1)N(C)C(=O)c1cc(Cl)ccc1C. The van der Waals surface area contributed by atoms with E-state index in [0.29, 0.717) is 17.1 Å². The first-order valence-electron chi connectivity index (χ1n) is 12.0. The van der Waals surface area contributed by atoms with Crippen LogP contribution in [0.4, 0.5) is 5.82 Å². The van der Waals surface area contributed by atoms with Crippen LogP contribution in [-0.2, 0) is 0 Å². The van der Waals surface area contributed by atoms with E-state index >= 15 is 0 Å². The quantitative estimate of drug-likeness (QED) is 0.521. The number of amides is 1. The van der Waals surface area contributed by atoms with Crippen LogP contribution in [-0.4, -0.2) is 56.8 Å². The maximum absolute atomic E-state index is 13.4. The number of aromatic nitrogens is 3. The van der Waals surface area contributed by atoms with Crippen LogP contribution in [0.3, 0.4) is 0 Å². The molecule has 3 heterocycles. The van der Waals surface area contributed by atoms with Gasteiger partial charge < -0.3 is 14.9 Å². The summed E-state index contributed by atoms with van der Waals surface area (Å²) < 4.78 is 1.80. The maximum Gasteiger partial charge on any atom is 0.254 e. The minimum absolute atomic E-state index is 0.0666. The highest BCUT2D eigenvalue weighted by atomic mass is 35.5. The fourth-order valence-electron chi connectivity index (χ4n) is 4.72. The second-order valence-electron chi connectivity index (χ2n) is 9.60. The molecule has 8 heteroatoms. The largest absolute Gasteiger partial charge is 0.391 e. The topological polar surface area (TPSA) is 74.0 Å². The highest BCUT2D eigenvalue weighted by molar-refractivity contribution is 6.31. The smallest absolute Gasteiger partial charge is 0.254 e. The molecule has 182 valence electrons. The molecular weight excluding hydrogens is 450 g/mol. The molecule has 2 aromatic heterocycles. The normalized spacial score (nSPS) is 19.1. The molecule has 0 aliphatic carbocycles. The molecule has 0 radical (unpaired) electrons. The predicted octanol–water partition coefficient (Wildman–Crippen LogP) is 4.82. The number of nitrogens with zero attached hydrogens (tertiary/aromatic N) is 5. The third kappa shape index (κ3) is 4.77. The van der Waals surface area contributed by atoms with Gasteiger partial charge in [0.05, 0.1) is 17.8 Å². The zero-order valence-corrected chi connectivity index (χ0v) is 21.4. The second-order valence-corrected chi connectivity index (χ2v) is 10.0. The summed E-state index contributed by atoms with van der Waals surface area (Å²) in [5, 5.41) is 15.6. The second kappa shape index (κ2) is 9.92. The van der Waals surface area contributed by atoms with Crippen molar-refractivity contribution in [2.45, 2.75) is 59.1 Å². The molecule has 1 aromatic carbocycles. The van der Waals surface area contributed by atoms with Gasteiger partial charge in [0, 0.05) is 54.5 Å². The Kier molecular flexibility index (Phi) is 7.14. The zero-order valence-electron chi connectivity index (χ0n) is 20.6. The molecule has 1 aliphatic rings. The van der Waals surface area contributed by atoms with Gasteiger partial charge >= 0.3 is 0 Å². The summed E-state index contributed by atoms with van der Waals surface area (Å²) in [6.07, 6.45) is 4.46. The maximum atomic E-state index is 13.4. The Hall–Kier alpha value is -2.64. The fraction of sp³-hybridized carbons (Fsp3) is 0.500. The summed E-state index contributed by atoms with van der Waals surface area (Å²) in [6, 6.07) is 7.22. The van der Waals surface area contributed by atoms with Gasteiger partial charge in [0.15, 0.2) is 5.65 Å². The number of aliphatic hydroxyl groups is 1. The van der Waals surface area contributed by atoms with E-state index in [1.54, 1.807) is 21.5 Å². The van der Waals surface area contributed by atoms with Gasteiger partial charge in [-0.15, -0.1) is 0 Å². The molecule has 1 amide bonds. The Balaban J connectivity index is 1.68. The van der Waals surface area contributed by atoms with Gasteiger partial charge in [0.25, 0.3) is 5.91 Å².